The van der Waals surface area contributed by atoms with Crippen molar-refractivity contribution in [2.45, 2.75) is 6.18 Å². The average molecular weight is 405 g/mol. The lowest BCUT2D eigenvalue weighted by molar-refractivity contribution is -0.137. The highest BCUT2D eigenvalue weighted by molar-refractivity contribution is 6.35. The van der Waals surface area contributed by atoms with Gasteiger partial charge in [0.05, 0.1) is 22.3 Å². The number of aromatic amines is 1. The summed E-state index contributed by atoms with van der Waals surface area (Å²) in [5.41, 5.74) is 0.286. The van der Waals surface area contributed by atoms with Gasteiger partial charge in [-0.25, -0.2) is 4.98 Å². The molecule has 0 radical (unpaired) electrons. The summed E-state index contributed by atoms with van der Waals surface area (Å²) in [6.45, 7) is 0. The van der Waals surface area contributed by atoms with Gasteiger partial charge in [-0.15, -0.1) is 0 Å². The van der Waals surface area contributed by atoms with E-state index in [1.54, 1.807) is 48.8 Å². The zero-order valence-electron chi connectivity index (χ0n) is 14.1. The normalized spacial score (nSPS) is 11.6. The van der Waals surface area contributed by atoms with Crippen LogP contribution in [0.3, 0.4) is 0 Å². The predicted octanol–water partition coefficient (Wildman–Crippen LogP) is 6.17. The Morgan fingerprint density at radius 3 is 2.50 bits per heavy atom. The number of hydrogen-bond acceptors (Lipinski definition) is 4. The van der Waals surface area contributed by atoms with Crippen LogP contribution in [0, 0.1) is 0 Å². The van der Waals surface area contributed by atoms with Crippen molar-refractivity contribution in [3.05, 3.63) is 71.5 Å². The number of H-pyrrole nitrogens is 1. The van der Waals surface area contributed by atoms with Crippen LogP contribution in [0.25, 0.3) is 11.0 Å². The van der Waals surface area contributed by atoms with Crippen molar-refractivity contribution in [3.8, 4) is 11.5 Å². The lowest BCUT2D eigenvalue weighted by atomic mass is 10.2. The lowest BCUT2D eigenvalue weighted by Crippen LogP contribution is -2.04. The minimum absolute atomic E-state index is 0.0747. The third kappa shape index (κ3) is 3.86. The van der Waals surface area contributed by atoms with E-state index in [-0.39, 0.29) is 22.0 Å². The highest BCUT2D eigenvalue weighted by atomic mass is 35.5. The number of anilines is 2. The largest absolute Gasteiger partial charge is 0.456 e. The smallest absolute Gasteiger partial charge is 0.416 e. The number of alkyl halides is 3. The van der Waals surface area contributed by atoms with E-state index in [0.29, 0.717) is 17.2 Å². The summed E-state index contributed by atoms with van der Waals surface area (Å²) in [6, 6.07) is 12.4. The predicted molar refractivity (Wildman–Crippen MR) is 100 cm³/mol. The Bertz CT molecular complexity index is 1110. The Hall–Kier alpha value is -3.26. The summed E-state index contributed by atoms with van der Waals surface area (Å²) < 4.78 is 44.4. The summed E-state index contributed by atoms with van der Waals surface area (Å²) in [5, 5.41) is 2.92. The van der Waals surface area contributed by atoms with Gasteiger partial charge in [0.25, 0.3) is 0 Å². The molecule has 0 bridgehead atoms. The maximum absolute atomic E-state index is 12.9. The van der Waals surface area contributed by atoms with Crippen LogP contribution in [0.4, 0.5) is 24.8 Å². The van der Waals surface area contributed by atoms with E-state index in [9.17, 15) is 13.2 Å². The van der Waals surface area contributed by atoms with E-state index in [2.05, 4.69) is 20.3 Å². The molecule has 9 heteroatoms. The van der Waals surface area contributed by atoms with E-state index in [4.69, 9.17) is 16.3 Å². The van der Waals surface area contributed by atoms with Crippen LogP contribution >= 0.6 is 11.6 Å². The number of rotatable bonds is 4. The summed E-state index contributed by atoms with van der Waals surface area (Å²) in [6.07, 6.45) is -1.24. The molecule has 0 spiro atoms. The van der Waals surface area contributed by atoms with E-state index < -0.39 is 11.7 Å². The van der Waals surface area contributed by atoms with E-state index in [1.165, 1.54) is 0 Å². The molecule has 0 aliphatic heterocycles. The SMILES string of the molecule is FC(F)(F)c1cc(Cl)c2nc(Nc3ccc(Oc4cccnc4)cc3)[nH]c2c1. The molecule has 2 N–H and O–H groups in total. The first-order chi connectivity index (χ1) is 13.4. The molecule has 0 unspecified atom stereocenters. The second kappa shape index (κ2) is 7.05. The van der Waals surface area contributed by atoms with Crippen molar-refractivity contribution >= 4 is 34.3 Å². The molecule has 0 saturated carbocycles. The molecule has 0 saturated heterocycles. The molecule has 2 aromatic carbocycles. The van der Waals surface area contributed by atoms with Gasteiger partial charge >= 0.3 is 6.18 Å². The fourth-order valence-electron chi connectivity index (χ4n) is 2.58. The van der Waals surface area contributed by atoms with Crippen LogP contribution in [0.5, 0.6) is 11.5 Å². The van der Waals surface area contributed by atoms with Gasteiger partial charge in [-0.2, -0.15) is 13.2 Å². The number of nitrogens with zero attached hydrogens (tertiary/aromatic N) is 2. The summed E-state index contributed by atoms with van der Waals surface area (Å²) in [7, 11) is 0. The maximum Gasteiger partial charge on any atom is 0.416 e. The first-order valence-corrected chi connectivity index (χ1v) is 8.48. The van der Waals surface area contributed by atoms with E-state index in [1.807, 2.05) is 0 Å². The van der Waals surface area contributed by atoms with Gasteiger partial charge < -0.3 is 15.0 Å². The first-order valence-electron chi connectivity index (χ1n) is 8.10. The molecule has 4 aromatic rings. The van der Waals surface area contributed by atoms with Gasteiger partial charge in [0.2, 0.25) is 5.95 Å². The molecular weight excluding hydrogens is 393 g/mol. The number of pyridine rings is 1. The topological polar surface area (TPSA) is 62.8 Å². The molecule has 5 nitrogen and oxygen atoms in total. The van der Waals surface area contributed by atoms with Gasteiger partial charge in [0, 0.05) is 11.9 Å². The van der Waals surface area contributed by atoms with Crippen LogP contribution in [-0.2, 0) is 6.18 Å². The Morgan fingerprint density at radius 1 is 1.04 bits per heavy atom. The van der Waals surface area contributed by atoms with Gasteiger partial charge in [0.15, 0.2) is 0 Å². The highest BCUT2D eigenvalue weighted by Crippen LogP contribution is 2.35. The molecule has 28 heavy (non-hydrogen) atoms. The molecule has 2 aromatic heterocycles. The number of ether oxygens (including phenoxy) is 1. The van der Waals surface area contributed by atoms with Crippen molar-refractivity contribution in [2.24, 2.45) is 0 Å². The Morgan fingerprint density at radius 2 is 1.82 bits per heavy atom. The molecule has 0 amide bonds. The van der Waals surface area contributed by atoms with Crippen LogP contribution in [0.1, 0.15) is 5.56 Å². The maximum atomic E-state index is 12.9. The van der Waals surface area contributed by atoms with Crippen molar-refractivity contribution < 1.29 is 17.9 Å². The number of imidazole rings is 1. The van der Waals surface area contributed by atoms with Gasteiger partial charge in [-0.1, -0.05) is 11.6 Å². The molecular formula is C19H12ClF3N4O. The van der Waals surface area contributed by atoms with Crippen LogP contribution in [0.2, 0.25) is 5.02 Å². The van der Waals surface area contributed by atoms with Crippen LogP contribution < -0.4 is 10.1 Å². The number of halogens is 4. The molecule has 142 valence electrons. The Labute approximate surface area is 162 Å². The van der Waals surface area contributed by atoms with Crippen LogP contribution in [0.15, 0.2) is 60.9 Å². The van der Waals surface area contributed by atoms with Gasteiger partial charge in [0.1, 0.15) is 17.0 Å². The van der Waals surface area contributed by atoms with Gasteiger partial charge in [-0.3, -0.25) is 4.98 Å². The van der Waals surface area contributed by atoms with Crippen molar-refractivity contribution in [1.82, 2.24) is 15.0 Å². The fraction of sp³-hybridized carbons (Fsp3) is 0.0526. The summed E-state index contributed by atoms with van der Waals surface area (Å²) >= 11 is 5.95. The third-order valence-corrected chi connectivity index (χ3v) is 4.14. The van der Waals surface area contributed by atoms with E-state index in [0.717, 1.165) is 12.1 Å². The standard InChI is InChI=1S/C19H12ClF3N4O/c20-15-8-11(19(21,22)23)9-16-17(15)27-18(26-16)25-12-3-5-13(6-4-12)28-14-2-1-7-24-10-14/h1-10H,(H2,25,26,27). The Kier molecular flexibility index (Phi) is 4.56. The second-order valence-corrected chi connectivity index (χ2v) is 6.28. The second-order valence-electron chi connectivity index (χ2n) is 5.88. The lowest BCUT2D eigenvalue weighted by Gasteiger charge is -2.07. The summed E-state index contributed by atoms with van der Waals surface area (Å²) in [4.78, 5) is 11.0. The zero-order valence-corrected chi connectivity index (χ0v) is 14.8. The summed E-state index contributed by atoms with van der Waals surface area (Å²) in [5.74, 6) is 1.49. The monoisotopic (exact) mass is 404 g/mol. The average Bonchev–Trinajstić information content (AvgIpc) is 3.07. The third-order valence-electron chi connectivity index (χ3n) is 3.85. The molecule has 0 atom stereocenters. The van der Waals surface area contributed by atoms with Gasteiger partial charge in [-0.05, 0) is 48.5 Å². The van der Waals surface area contributed by atoms with Crippen molar-refractivity contribution in [2.75, 3.05) is 5.32 Å². The molecule has 2 heterocycles. The molecule has 0 aliphatic carbocycles. The molecule has 4 rings (SSSR count). The quantitative estimate of drug-likeness (QED) is 0.427. The minimum Gasteiger partial charge on any atom is -0.456 e. The molecule has 0 aliphatic rings. The van der Waals surface area contributed by atoms with Crippen molar-refractivity contribution in [3.63, 3.8) is 0 Å². The van der Waals surface area contributed by atoms with Crippen LogP contribution in [-0.4, -0.2) is 15.0 Å². The number of fused-ring (bicyclic) bond motifs is 1. The Balaban J connectivity index is 1.54. The minimum atomic E-state index is -4.49. The zero-order chi connectivity index (χ0) is 19.7. The number of aromatic nitrogens is 3. The number of nitrogens with one attached hydrogen (secondary N) is 2. The first kappa shape index (κ1) is 18.1. The number of hydrogen-bond donors (Lipinski definition) is 2. The number of benzene rings is 2. The highest BCUT2D eigenvalue weighted by Gasteiger charge is 2.31. The van der Waals surface area contributed by atoms with Crippen molar-refractivity contribution in [1.29, 1.82) is 0 Å². The fourth-order valence-corrected chi connectivity index (χ4v) is 2.85. The molecule has 0 fully saturated rings. The van der Waals surface area contributed by atoms with E-state index >= 15 is 0 Å².